The molecule has 0 bridgehead atoms. The van der Waals surface area contributed by atoms with Crippen LogP contribution in [0.2, 0.25) is 0 Å². The molecule has 0 aliphatic carbocycles. The minimum atomic E-state index is 0.455. The number of aromatic nitrogens is 6. The summed E-state index contributed by atoms with van der Waals surface area (Å²) in [6.45, 7) is 5.98. The van der Waals surface area contributed by atoms with Crippen LogP contribution < -0.4 is 9.80 Å². The van der Waals surface area contributed by atoms with Gasteiger partial charge in [-0.15, -0.1) is 0 Å². The number of methoxy groups -OCH3 is 1. The Bertz CT molecular complexity index is 838. The fourth-order valence-electron chi connectivity index (χ4n) is 2.82. The predicted octanol–water partition coefficient (Wildman–Crippen LogP) is 0.757. The maximum absolute atomic E-state index is 5.08. The summed E-state index contributed by atoms with van der Waals surface area (Å²) in [5.74, 6) is 2.42. The first-order valence-corrected chi connectivity index (χ1v) is 8.51. The fraction of sp³-hybridized carbons (Fsp3) is 0.500. The van der Waals surface area contributed by atoms with Gasteiger partial charge in [-0.3, -0.25) is 0 Å². The van der Waals surface area contributed by atoms with Crippen molar-refractivity contribution in [3.05, 3.63) is 23.9 Å². The van der Waals surface area contributed by atoms with Crippen LogP contribution in [0.1, 0.15) is 11.5 Å². The zero-order chi connectivity index (χ0) is 16.5. The first-order valence-electron chi connectivity index (χ1n) is 7.73. The van der Waals surface area contributed by atoms with E-state index in [1.54, 1.807) is 18.0 Å². The van der Waals surface area contributed by atoms with E-state index in [0.717, 1.165) is 48.6 Å². The van der Waals surface area contributed by atoms with Crippen LogP contribution in [-0.4, -0.2) is 62.2 Å². The Balaban J connectivity index is 1.50. The largest absolute Gasteiger partial charge is 0.377 e. The molecule has 0 atom stereocenters. The molecule has 4 heterocycles. The van der Waals surface area contributed by atoms with E-state index in [0.29, 0.717) is 12.4 Å². The highest BCUT2D eigenvalue weighted by atomic mass is 32.1. The first kappa shape index (κ1) is 15.2. The maximum atomic E-state index is 5.08. The van der Waals surface area contributed by atoms with Gasteiger partial charge in [0.1, 0.15) is 18.8 Å². The lowest BCUT2D eigenvalue weighted by Gasteiger charge is -2.35. The van der Waals surface area contributed by atoms with Crippen LogP contribution in [-0.2, 0) is 11.3 Å². The molecular formula is C14H18N8OS. The minimum Gasteiger partial charge on any atom is -0.377 e. The molecule has 9 nitrogen and oxygen atoms in total. The van der Waals surface area contributed by atoms with Gasteiger partial charge in [0.15, 0.2) is 5.82 Å². The third-order valence-corrected chi connectivity index (χ3v) is 4.78. The Morgan fingerprint density at radius 2 is 1.96 bits per heavy atom. The summed E-state index contributed by atoms with van der Waals surface area (Å²) in [5, 5.41) is 5.25. The number of piperazine rings is 1. The first-order chi connectivity index (χ1) is 11.7. The van der Waals surface area contributed by atoms with Gasteiger partial charge in [0, 0.05) is 56.6 Å². The monoisotopic (exact) mass is 346 g/mol. The van der Waals surface area contributed by atoms with Crippen molar-refractivity contribution < 1.29 is 4.74 Å². The third kappa shape index (κ3) is 2.78. The summed E-state index contributed by atoms with van der Waals surface area (Å²) in [6, 6.07) is 2.05. The highest BCUT2D eigenvalue weighted by Crippen LogP contribution is 2.22. The predicted molar refractivity (Wildman–Crippen MR) is 90.6 cm³/mol. The van der Waals surface area contributed by atoms with Crippen LogP contribution in [0.5, 0.6) is 0 Å². The Morgan fingerprint density at radius 1 is 1.17 bits per heavy atom. The number of hydrogen-bond donors (Lipinski definition) is 0. The van der Waals surface area contributed by atoms with Crippen LogP contribution >= 0.6 is 11.5 Å². The van der Waals surface area contributed by atoms with Gasteiger partial charge in [0.25, 0.3) is 5.78 Å². The smallest absolute Gasteiger partial charge is 0.254 e. The van der Waals surface area contributed by atoms with E-state index in [1.807, 2.05) is 6.92 Å². The van der Waals surface area contributed by atoms with Crippen LogP contribution in [0.15, 0.2) is 12.4 Å². The SMILES string of the molecule is COCc1nsc(N2CCN(c3cc(C)nc4ncnn34)CC2)n1. The topological polar surface area (TPSA) is 84.6 Å². The zero-order valence-corrected chi connectivity index (χ0v) is 14.4. The molecule has 0 N–H and O–H groups in total. The fourth-order valence-corrected chi connectivity index (χ4v) is 3.55. The molecule has 0 radical (unpaired) electrons. The van der Waals surface area contributed by atoms with Crippen molar-refractivity contribution in [2.45, 2.75) is 13.5 Å². The van der Waals surface area contributed by atoms with Gasteiger partial charge < -0.3 is 14.5 Å². The van der Waals surface area contributed by atoms with E-state index in [1.165, 1.54) is 11.5 Å². The normalized spacial score (nSPS) is 15.4. The van der Waals surface area contributed by atoms with Crippen molar-refractivity contribution in [2.24, 2.45) is 0 Å². The summed E-state index contributed by atoms with van der Waals surface area (Å²) in [6.07, 6.45) is 1.54. The second-order valence-electron chi connectivity index (χ2n) is 5.63. The highest BCUT2D eigenvalue weighted by Gasteiger charge is 2.22. The van der Waals surface area contributed by atoms with Crippen LogP contribution in [0.25, 0.3) is 5.78 Å². The molecule has 1 aliphatic heterocycles. The van der Waals surface area contributed by atoms with Crippen molar-refractivity contribution in [1.29, 1.82) is 0 Å². The van der Waals surface area contributed by atoms with E-state index < -0.39 is 0 Å². The van der Waals surface area contributed by atoms with E-state index in [-0.39, 0.29) is 0 Å². The molecule has 0 aromatic carbocycles. The summed E-state index contributed by atoms with van der Waals surface area (Å²) in [7, 11) is 1.65. The Kier molecular flexibility index (Phi) is 3.98. The van der Waals surface area contributed by atoms with Gasteiger partial charge in [-0.05, 0) is 6.92 Å². The average molecular weight is 346 g/mol. The van der Waals surface area contributed by atoms with Gasteiger partial charge in [-0.2, -0.15) is 19.0 Å². The van der Waals surface area contributed by atoms with E-state index >= 15 is 0 Å². The summed E-state index contributed by atoms with van der Waals surface area (Å²) in [4.78, 5) is 17.7. The summed E-state index contributed by atoms with van der Waals surface area (Å²) in [5.41, 5.74) is 0.946. The van der Waals surface area contributed by atoms with Gasteiger partial charge >= 0.3 is 0 Å². The molecule has 3 aromatic rings. The third-order valence-electron chi connectivity index (χ3n) is 3.97. The number of hydrogen-bond acceptors (Lipinski definition) is 9. The molecule has 10 heteroatoms. The van der Waals surface area contributed by atoms with Crippen LogP contribution in [0, 0.1) is 6.92 Å². The minimum absolute atomic E-state index is 0.455. The van der Waals surface area contributed by atoms with E-state index in [9.17, 15) is 0 Å². The Hall–Kier alpha value is -2.33. The molecule has 1 aliphatic rings. The molecule has 0 saturated carbocycles. The Morgan fingerprint density at radius 3 is 2.75 bits per heavy atom. The average Bonchev–Trinajstić information content (AvgIpc) is 3.24. The van der Waals surface area contributed by atoms with Gasteiger partial charge in [0.05, 0.1) is 0 Å². The molecule has 0 amide bonds. The molecule has 24 heavy (non-hydrogen) atoms. The summed E-state index contributed by atoms with van der Waals surface area (Å²) >= 11 is 1.43. The number of anilines is 2. The number of aryl methyl sites for hydroxylation is 1. The van der Waals surface area contributed by atoms with Crippen molar-refractivity contribution in [3.63, 3.8) is 0 Å². The quantitative estimate of drug-likeness (QED) is 0.684. The standard InChI is InChI=1S/C14H18N8OS/c1-10-7-12(22-13(17-10)15-9-16-22)20-3-5-21(6-4-20)14-18-11(8-23-2)19-24-14/h7,9H,3-6,8H2,1-2H3. The van der Waals surface area contributed by atoms with Crippen molar-refractivity contribution in [1.82, 2.24) is 28.9 Å². The second kappa shape index (κ2) is 6.29. The Labute approximate surface area is 143 Å². The second-order valence-corrected chi connectivity index (χ2v) is 6.36. The summed E-state index contributed by atoms with van der Waals surface area (Å²) < 4.78 is 11.2. The van der Waals surface area contributed by atoms with Crippen LogP contribution in [0.4, 0.5) is 10.9 Å². The number of rotatable bonds is 4. The van der Waals surface area contributed by atoms with Crippen molar-refractivity contribution in [3.8, 4) is 0 Å². The molecule has 4 rings (SSSR count). The van der Waals surface area contributed by atoms with E-state index in [4.69, 9.17) is 4.74 Å². The number of ether oxygens (including phenoxy) is 1. The lowest BCUT2D eigenvalue weighted by Crippen LogP contribution is -2.47. The molecular weight excluding hydrogens is 328 g/mol. The van der Waals surface area contributed by atoms with Gasteiger partial charge in [-0.25, -0.2) is 9.97 Å². The van der Waals surface area contributed by atoms with Crippen LogP contribution in [0.3, 0.4) is 0 Å². The van der Waals surface area contributed by atoms with Crippen molar-refractivity contribution in [2.75, 3.05) is 43.1 Å². The molecule has 0 unspecified atom stereocenters. The van der Waals surface area contributed by atoms with E-state index in [2.05, 4.69) is 40.3 Å². The molecule has 1 fully saturated rings. The molecule has 1 saturated heterocycles. The lowest BCUT2D eigenvalue weighted by molar-refractivity contribution is 0.179. The van der Waals surface area contributed by atoms with Crippen molar-refractivity contribution >= 4 is 28.3 Å². The van der Waals surface area contributed by atoms with Gasteiger partial charge in [0.2, 0.25) is 5.13 Å². The van der Waals surface area contributed by atoms with Gasteiger partial charge in [-0.1, -0.05) is 0 Å². The molecule has 126 valence electrons. The number of nitrogens with zero attached hydrogens (tertiary/aromatic N) is 8. The zero-order valence-electron chi connectivity index (χ0n) is 13.6. The highest BCUT2D eigenvalue weighted by molar-refractivity contribution is 7.09. The molecule has 0 spiro atoms. The molecule has 3 aromatic heterocycles. The number of fused-ring (bicyclic) bond motifs is 1. The lowest BCUT2D eigenvalue weighted by atomic mass is 10.3. The maximum Gasteiger partial charge on any atom is 0.254 e.